The van der Waals surface area contributed by atoms with E-state index in [-0.39, 0.29) is 17.4 Å². The number of rotatable bonds is 1. The second-order valence-electron chi connectivity index (χ2n) is 6.31. The zero-order chi connectivity index (χ0) is 15.5. The number of amides is 1. The zero-order valence-electron chi connectivity index (χ0n) is 12.7. The van der Waals surface area contributed by atoms with Crippen LogP contribution >= 0.6 is 0 Å². The molecule has 116 valence electrons. The van der Waals surface area contributed by atoms with Gasteiger partial charge in [-0.1, -0.05) is 12.2 Å². The van der Waals surface area contributed by atoms with Gasteiger partial charge in [0.25, 0.3) is 5.91 Å². The van der Waals surface area contributed by atoms with Crippen LogP contribution in [0.4, 0.5) is 0 Å². The van der Waals surface area contributed by atoms with Crippen molar-refractivity contribution in [2.75, 3.05) is 20.7 Å². The first kappa shape index (κ1) is 13.6. The summed E-state index contributed by atoms with van der Waals surface area (Å²) in [7, 11) is 3.43. The Kier molecular flexibility index (Phi) is 2.78. The van der Waals surface area contributed by atoms with Crippen LogP contribution in [-0.4, -0.2) is 48.8 Å². The van der Waals surface area contributed by atoms with Crippen LogP contribution in [-0.2, 0) is 5.41 Å². The van der Waals surface area contributed by atoms with E-state index in [0.29, 0.717) is 30.0 Å². The fourth-order valence-electron chi connectivity index (χ4n) is 3.95. The molecule has 22 heavy (non-hydrogen) atoms. The van der Waals surface area contributed by atoms with Gasteiger partial charge >= 0.3 is 0 Å². The lowest BCUT2D eigenvalue weighted by Gasteiger charge is -2.35. The van der Waals surface area contributed by atoms with Gasteiger partial charge in [0.1, 0.15) is 6.10 Å². The third kappa shape index (κ3) is 1.60. The largest absolute Gasteiger partial charge is 0.493 e. The molecule has 1 aromatic carbocycles. The van der Waals surface area contributed by atoms with Crippen molar-refractivity contribution in [3.05, 3.63) is 35.4 Å². The third-order valence-corrected chi connectivity index (χ3v) is 5.15. The quantitative estimate of drug-likeness (QED) is 0.799. The molecule has 0 radical (unpaired) electrons. The smallest absolute Gasteiger partial charge is 0.254 e. The Labute approximate surface area is 129 Å². The van der Waals surface area contributed by atoms with Crippen molar-refractivity contribution in [2.24, 2.45) is 0 Å². The van der Waals surface area contributed by atoms with Crippen LogP contribution in [0.15, 0.2) is 24.3 Å². The predicted octanol–water partition coefficient (Wildman–Crippen LogP) is 1.49. The van der Waals surface area contributed by atoms with E-state index in [9.17, 15) is 9.90 Å². The first-order valence-electron chi connectivity index (χ1n) is 7.58. The van der Waals surface area contributed by atoms with E-state index in [1.807, 2.05) is 25.3 Å². The van der Waals surface area contributed by atoms with Crippen LogP contribution in [0.3, 0.4) is 0 Å². The molecule has 0 aromatic heterocycles. The summed E-state index contributed by atoms with van der Waals surface area (Å²) in [5, 5.41) is 9.96. The lowest BCUT2D eigenvalue weighted by atomic mass is 9.69. The van der Waals surface area contributed by atoms with Gasteiger partial charge in [-0.2, -0.15) is 0 Å². The molecule has 1 spiro atoms. The summed E-state index contributed by atoms with van der Waals surface area (Å²) in [4.78, 5) is 14.4. The molecular formula is C17H19NO4. The zero-order valence-corrected chi connectivity index (χ0v) is 12.7. The second kappa shape index (κ2) is 4.49. The molecule has 2 aliphatic heterocycles. The third-order valence-electron chi connectivity index (χ3n) is 5.15. The number of nitrogens with zero attached hydrogens (tertiary/aromatic N) is 1. The number of ether oxygens (including phenoxy) is 2. The summed E-state index contributed by atoms with van der Waals surface area (Å²) in [6.07, 6.45) is 4.52. The minimum Gasteiger partial charge on any atom is -0.493 e. The number of benzene rings is 1. The molecule has 1 N–H and O–H groups in total. The number of aliphatic hydroxyl groups excluding tert-OH is 1. The molecule has 3 atom stereocenters. The Morgan fingerprint density at radius 2 is 2.27 bits per heavy atom. The van der Waals surface area contributed by atoms with Crippen molar-refractivity contribution in [1.29, 1.82) is 0 Å². The van der Waals surface area contributed by atoms with Gasteiger partial charge in [0.05, 0.1) is 18.6 Å². The van der Waals surface area contributed by atoms with E-state index in [1.54, 1.807) is 18.1 Å². The van der Waals surface area contributed by atoms with E-state index in [1.165, 1.54) is 0 Å². The number of hydrogen-bond acceptors (Lipinski definition) is 4. The monoisotopic (exact) mass is 301 g/mol. The van der Waals surface area contributed by atoms with E-state index in [0.717, 1.165) is 12.0 Å². The Balaban J connectivity index is 2.00. The summed E-state index contributed by atoms with van der Waals surface area (Å²) in [5.41, 5.74) is 1.26. The molecule has 0 fully saturated rings. The summed E-state index contributed by atoms with van der Waals surface area (Å²) < 4.78 is 11.6. The molecule has 0 unspecified atom stereocenters. The maximum Gasteiger partial charge on any atom is 0.254 e. The molecule has 1 aliphatic carbocycles. The number of methoxy groups -OCH3 is 1. The average Bonchev–Trinajstić information content (AvgIpc) is 2.80. The standard InChI is InChI=1S/C17H19NO4/c1-18-8-7-17-6-5-10(19)9-13(17)22-15-12(21-2)4-3-11(14(15)17)16(18)20/h3-6,10,13,19H,7-9H2,1-2H3/t10-,13-,17-/m0/s1. The lowest BCUT2D eigenvalue weighted by Crippen LogP contribution is -2.42. The number of hydrogen-bond donors (Lipinski definition) is 1. The van der Waals surface area contributed by atoms with Crippen molar-refractivity contribution < 1.29 is 19.4 Å². The van der Waals surface area contributed by atoms with Gasteiger partial charge in [0.2, 0.25) is 0 Å². The molecule has 1 amide bonds. The van der Waals surface area contributed by atoms with Gasteiger partial charge in [-0.25, -0.2) is 0 Å². The molecule has 0 bridgehead atoms. The fourth-order valence-corrected chi connectivity index (χ4v) is 3.95. The van der Waals surface area contributed by atoms with Crippen molar-refractivity contribution in [3.63, 3.8) is 0 Å². The average molecular weight is 301 g/mol. The normalized spacial score (nSPS) is 32.1. The Hall–Kier alpha value is -2.01. The Morgan fingerprint density at radius 1 is 1.45 bits per heavy atom. The number of carbonyl (C=O) groups is 1. The van der Waals surface area contributed by atoms with E-state index < -0.39 is 6.10 Å². The van der Waals surface area contributed by atoms with Crippen molar-refractivity contribution in [1.82, 2.24) is 4.90 Å². The lowest BCUT2D eigenvalue weighted by molar-refractivity contribution is 0.0731. The van der Waals surface area contributed by atoms with Crippen LogP contribution in [0.5, 0.6) is 11.5 Å². The van der Waals surface area contributed by atoms with Crippen LogP contribution < -0.4 is 9.47 Å². The van der Waals surface area contributed by atoms with Crippen LogP contribution in [0, 0.1) is 0 Å². The molecule has 5 heteroatoms. The van der Waals surface area contributed by atoms with Crippen molar-refractivity contribution in [3.8, 4) is 11.5 Å². The summed E-state index contributed by atoms with van der Waals surface area (Å²) in [5.74, 6) is 1.32. The van der Waals surface area contributed by atoms with Crippen molar-refractivity contribution in [2.45, 2.75) is 30.5 Å². The highest BCUT2D eigenvalue weighted by molar-refractivity contribution is 5.98. The summed E-state index contributed by atoms with van der Waals surface area (Å²) in [6, 6.07) is 3.62. The van der Waals surface area contributed by atoms with Gasteiger partial charge < -0.3 is 19.5 Å². The van der Waals surface area contributed by atoms with Gasteiger partial charge in [-0.3, -0.25) is 4.79 Å². The molecular weight excluding hydrogens is 282 g/mol. The van der Waals surface area contributed by atoms with Crippen molar-refractivity contribution >= 4 is 5.91 Å². The summed E-state index contributed by atoms with van der Waals surface area (Å²) >= 11 is 0. The maximum atomic E-state index is 12.7. The molecule has 3 aliphatic rings. The minimum atomic E-state index is -0.504. The topological polar surface area (TPSA) is 59.0 Å². The van der Waals surface area contributed by atoms with Gasteiger partial charge in [-0.15, -0.1) is 0 Å². The molecule has 2 heterocycles. The van der Waals surface area contributed by atoms with E-state index >= 15 is 0 Å². The number of carbonyl (C=O) groups excluding carboxylic acids is 1. The van der Waals surface area contributed by atoms with Gasteiger partial charge in [0, 0.05) is 31.1 Å². The minimum absolute atomic E-state index is 0.0135. The van der Waals surface area contributed by atoms with E-state index in [2.05, 4.69) is 0 Å². The van der Waals surface area contributed by atoms with Crippen LogP contribution in [0.25, 0.3) is 0 Å². The highest BCUT2D eigenvalue weighted by Gasteiger charge is 2.53. The van der Waals surface area contributed by atoms with Gasteiger partial charge in [0.15, 0.2) is 11.5 Å². The molecule has 0 saturated carbocycles. The van der Waals surface area contributed by atoms with Gasteiger partial charge in [-0.05, 0) is 18.6 Å². The second-order valence-corrected chi connectivity index (χ2v) is 6.31. The highest BCUT2D eigenvalue weighted by Crippen LogP contribution is 2.55. The molecule has 5 nitrogen and oxygen atoms in total. The maximum absolute atomic E-state index is 12.7. The van der Waals surface area contributed by atoms with Crippen LogP contribution in [0.2, 0.25) is 0 Å². The SMILES string of the molecule is COc1ccc2c3c1O[C@H]1C[C@@H](O)C=C[C@@]31CCN(C)C2=O. The molecule has 0 saturated heterocycles. The molecule has 1 aromatic rings. The number of aliphatic hydroxyl groups is 1. The first-order chi connectivity index (χ1) is 10.6. The molecule has 4 rings (SSSR count). The first-order valence-corrected chi connectivity index (χ1v) is 7.58. The fraction of sp³-hybridized carbons (Fsp3) is 0.471. The summed E-state index contributed by atoms with van der Waals surface area (Å²) in [6.45, 7) is 0.662. The van der Waals surface area contributed by atoms with E-state index in [4.69, 9.17) is 9.47 Å². The Bertz CT molecular complexity index is 683. The van der Waals surface area contributed by atoms with Crippen LogP contribution in [0.1, 0.15) is 28.8 Å². The highest BCUT2D eigenvalue weighted by atomic mass is 16.5. The Morgan fingerprint density at radius 3 is 3.05 bits per heavy atom. The predicted molar refractivity (Wildman–Crippen MR) is 80.4 cm³/mol.